The maximum absolute atomic E-state index is 5.10. The maximum Gasteiger partial charge on any atom is 0.224 e. The molecule has 1 aliphatic heterocycles. The van der Waals surface area contributed by atoms with Gasteiger partial charge in [0.25, 0.3) is 0 Å². The molecule has 3 aromatic rings. The van der Waals surface area contributed by atoms with Crippen molar-refractivity contribution in [1.29, 1.82) is 0 Å². The van der Waals surface area contributed by atoms with Crippen molar-refractivity contribution in [2.24, 2.45) is 0 Å². The fourth-order valence-electron chi connectivity index (χ4n) is 5.93. The van der Waals surface area contributed by atoms with Crippen LogP contribution in [-0.4, -0.2) is 63.6 Å². The van der Waals surface area contributed by atoms with Gasteiger partial charge in [0.15, 0.2) is 0 Å². The Hall–Kier alpha value is -2.44. The Balaban J connectivity index is 1.43. The van der Waals surface area contributed by atoms with Gasteiger partial charge in [-0.15, -0.1) is 0 Å². The Morgan fingerprint density at radius 2 is 1.75 bits per heavy atom. The predicted molar refractivity (Wildman–Crippen MR) is 150 cm³/mol. The minimum Gasteiger partial charge on any atom is -0.351 e. The molecule has 0 spiro atoms. The average Bonchev–Trinajstić information content (AvgIpc) is 3.29. The number of nitrogens with one attached hydrogen (secondary N) is 1. The number of nitrogens with zero attached hydrogens (tertiary/aromatic N) is 5. The number of likely N-dealkylation sites (N-methyl/N-ethyl adjacent to an activating group) is 1. The fraction of sp³-hybridized carbons (Fsp3) is 0.600. The van der Waals surface area contributed by atoms with Gasteiger partial charge in [0.2, 0.25) is 5.95 Å². The average molecular weight is 489 g/mol. The molecular formula is C30H44N6. The summed E-state index contributed by atoms with van der Waals surface area (Å²) in [6.07, 6.45) is 14.3. The summed E-state index contributed by atoms with van der Waals surface area (Å²) in [4.78, 5) is 14.9. The second-order valence-electron chi connectivity index (χ2n) is 11.0. The summed E-state index contributed by atoms with van der Waals surface area (Å²) in [5, 5.41) is 4.77. The van der Waals surface area contributed by atoms with Crippen LogP contribution in [0.1, 0.15) is 76.8 Å². The molecule has 36 heavy (non-hydrogen) atoms. The zero-order valence-corrected chi connectivity index (χ0v) is 22.5. The number of benzene rings is 1. The van der Waals surface area contributed by atoms with E-state index in [2.05, 4.69) is 77.2 Å². The topological polar surface area (TPSA) is 49.2 Å². The maximum atomic E-state index is 5.10. The Labute approximate surface area is 217 Å². The van der Waals surface area contributed by atoms with Crippen LogP contribution in [0.4, 0.5) is 5.95 Å². The molecule has 1 saturated carbocycles. The van der Waals surface area contributed by atoms with E-state index in [1.165, 1.54) is 60.6 Å². The standard InChI is InChI=1S/C30H44N6/c1-4-9-25(5-2)32-30-31-20-27-28(22-36(29(27)33-30)26-10-7-6-8-11-26)24-14-12-23(13-15-24)21-35-18-16-34(3)17-19-35/h12-15,20,22,25-26H,4-11,16-19,21H2,1-3H3,(H,31,32,33)/t25-/m0/s1. The highest BCUT2D eigenvalue weighted by Gasteiger charge is 2.22. The van der Waals surface area contributed by atoms with Crippen LogP contribution in [0, 0.1) is 0 Å². The molecule has 1 N–H and O–H groups in total. The Bertz CT molecular complexity index is 1110. The molecule has 1 aromatic carbocycles. The van der Waals surface area contributed by atoms with E-state index in [-0.39, 0.29) is 0 Å². The summed E-state index contributed by atoms with van der Waals surface area (Å²) in [6.45, 7) is 10.1. The Kier molecular flexibility index (Phi) is 8.22. The lowest BCUT2D eigenvalue weighted by Gasteiger charge is -2.32. The van der Waals surface area contributed by atoms with Crippen molar-refractivity contribution < 1.29 is 0 Å². The molecule has 1 saturated heterocycles. The van der Waals surface area contributed by atoms with E-state index < -0.39 is 0 Å². The molecule has 0 unspecified atom stereocenters. The summed E-state index contributed by atoms with van der Waals surface area (Å²) < 4.78 is 2.47. The number of rotatable bonds is 9. The highest BCUT2D eigenvalue weighted by molar-refractivity contribution is 5.94. The first-order chi connectivity index (χ1) is 17.6. The predicted octanol–water partition coefficient (Wildman–Crippen LogP) is 6.34. The third-order valence-corrected chi connectivity index (χ3v) is 8.27. The number of aromatic nitrogens is 3. The van der Waals surface area contributed by atoms with Crippen LogP contribution in [0.15, 0.2) is 36.7 Å². The third kappa shape index (κ3) is 5.76. The van der Waals surface area contributed by atoms with Crippen LogP contribution in [-0.2, 0) is 6.54 Å². The van der Waals surface area contributed by atoms with Crippen LogP contribution >= 0.6 is 0 Å². The van der Waals surface area contributed by atoms with Gasteiger partial charge < -0.3 is 14.8 Å². The molecule has 2 aliphatic rings. The van der Waals surface area contributed by atoms with Crippen molar-refractivity contribution >= 4 is 17.0 Å². The lowest BCUT2D eigenvalue weighted by atomic mass is 9.95. The van der Waals surface area contributed by atoms with Gasteiger partial charge in [0.1, 0.15) is 5.65 Å². The Morgan fingerprint density at radius 1 is 1.00 bits per heavy atom. The first kappa shape index (κ1) is 25.2. The molecule has 2 fully saturated rings. The second kappa shape index (κ2) is 11.7. The molecule has 2 aromatic heterocycles. The first-order valence-electron chi connectivity index (χ1n) is 14.3. The normalized spacial score (nSPS) is 19.1. The van der Waals surface area contributed by atoms with Crippen molar-refractivity contribution in [3.05, 3.63) is 42.2 Å². The zero-order chi connectivity index (χ0) is 24.9. The van der Waals surface area contributed by atoms with Gasteiger partial charge in [0.05, 0.1) is 0 Å². The van der Waals surface area contributed by atoms with Gasteiger partial charge in [-0.1, -0.05) is 63.8 Å². The SMILES string of the molecule is CCC[C@H](CC)Nc1ncc2c(-c3ccc(CN4CCN(C)CC4)cc3)cn(C3CCCCC3)c2n1. The molecule has 6 nitrogen and oxygen atoms in total. The minimum atomic E-state index is 0.429. The zero-order valence-electron chi connectivity index (χ0n) is 22.5. The summed E-state index contributed by atoms with van der Waals surface area (Å²) in [6, 6.07) is 10.2. The van der Waals surface area contributed by atoms with Gasteiger partial charge in [-0.05, 0) is 43.9 Å². The molecule has 1 aliphatic carbocycles. The van der Waals surface area contributed by atoms with E-state index in [9.17, 15) is 0 Å². The highest BCUT2D eigenvalue weighted by atomic mass is 15.2. The molecular weight excluding hydrogens is 444 g/mol. The second-order valence-corrected chi connectivity index (χ2v) is 11.0. The summed E-state index contributed by atoms with van der Waals surface area (Å²) in [5.74, 6) is 0.770. The number of anilines is 1. The van der Waals surface area contributed by atoms with Crippen molar-refractivity contribution in [3.8, 4) is 11.1 Å². The van der Waals surface area contributed by atoms with Gasteiger partial charge in [-0.3, -0.25) is 4.90 Å². The number of fused-ring (bicyclic) bond motifs is 1. The van der Waals surface area contributed by atoms with E-state index in [0.29, 0.717) is 12.1 Å². The third-order valence-electron chi connectivity index (χ3n) is 8.27. The van der Waals surface area contributed by atoms with Crippen LogP contribution in [0.2, 0.25) is 0 Å². The van der Waals surface area contributed by atoms with Crippen molar-refractivity contribution in [3.63, 3.8) is 0 Å². The minimum absolute atomic E-state index is 0.429. The molecule has 0 radical (unpaired) electrons. The smallest absolute Gasteiger partial charge is 0.224 e. The van der Waals surface area contributed by atoms with E-state index in [0.717, 1.165) is 57.2 Å². The fourth-order valence-corrected chi connectivity index (χ4v) is 5.93. The first-order valence-corrected chi connectivity index (χ1v) is 14.3. The monoisotopic (exact) mass is 488 g/mol. The molecule has 5 rings (SSSR count). The van der Waals surface area contributed by atoms with E-state index in [4.69, 9.17) is 9.97 Å². The Morgan fingerprint density at radius 3 is 2.44 bits per heavy atom. The molecule has 3 heterocycles. The van der Waals surface area contributed by atoms with Crippen LogP contribution in [0.25, 0.3) is 22.2 Å². The van der Waals surface area contributed by atoms with Gasteiger partial charge in [0, 0.05) is 68.2 Å². The number of hydrogen-bond acceptors (Lipinski definition) is 5. The molecule has 1 atom stereocenters. The molecule has 6 heteroatoms. The van der Waals surface area contributed by atoms with Gasteiger partial charge in [-0.2, -0.15) is 4.98 Å². The molecule has 0 bridgehead atoms. The lowest BCUT2D eigenvalue weighted by Crippen LogP contribution is -2.43. The molecule has 0 amide bonds. The number of hydrogen-bond donors (Lipinski definition) is 1. The molecule has 194 valence electrons. The van der Waals surface area contributed by atoms with E-state index in [1.54, 1.807) is 0 Å². The quantitative estimate of drug-likeness (QED) is 0.381. The van der Waals surface area contributed by atoms with Crippen molar-refractivity contribution in [1.82, 2.24) is 24.3 Å². The summed E-state index contributed by atoms with van der Waals surface area (Å²) in [5.41, 5.74) is 5.00. The largest absolute Gasteiger partial charge is 0.351 e. The highest BCUT2D eigenvalue weighted by Crippen LogP contribution is 2.36. The van der Waals surface area contributed by atoms with Crippen LogP contribution < -0.4 is 5.32 Å². The summed E-state index contributed by atoms with van der Waals surface area (Å²) in [7, 11) is 2.21. The van der Waals surface area contributed by atoms with Crippen LogP contribution in [0.5, 0.6) is 0 Å². The van der Waals surface area contributed by atoms with Gasteiger partial charge >= 0.3 is 0 Å². The van der Waals surface area contributed by atoms with E-state index >= 15 is 0 Å². The summed E-state index contributed by atoms with van der Waals surface area (Å²) >= 11 is 0. The van der Waals surface area contributed by atoms with E-state index in [1.807, 2.05) is 0 Å². The van der Waals surface area contributed by atoms with Crippen LogP contribution in [0.3, 0.4) is 0 Å². The van der Waals surface area contributed by atoms with Gasteiger partial charge in [-0.25, -0.2) is 4.98 Å². The number of piperazine rings is 1. The van der Waals surface area contributed by atoms with Crippen molar-refractivity contribution in [2.75, 3.05) is 38.5 Å². The van der Waals surface area contributed by atoms with Crippen molar-refractivity contribution in [2.45, 2.75) is 83.8 Å². The lowest BCUT2D eigenvalue weighted by molar-refractivity contribution is 0.148.